The van der Waals surface area contributed by atoms with Gasteiger partial charge in [0.2, 0.25) is 11.8 Å². The average Bonchev–Trinajstić information content (AvgIpc) is 3.35. The Bertz CT molecular complexity index is 1070. The number of carbonyl (C=O) groups excluding carboxylic acids is 3. The predicted octanol–water partition coefficient (Wildman–Crippen LogP) is 3.11. The molecule has 3 fully saturated rings. The van der Waals surface area contributed by atoms with Gasteiger partial charge in [0.15, 0.2) is 0 Å². The third-order valence-electron chi connectivity index (χ3n) is 8.61. The Morgan fingerprint density at radius 2 is 1.97 bits per heavy atom. The van der Waals surface area contributed by atoms with Gasteiger partial charge in [0, 0.05) is 12.1 Å². The lowest BCUT2D eigenvalue weighted by molar-refractivity contribution is -0.164. The van der Waals surface area contributed by atoms with Crippen LogP contribution in [0.4, 0.5) is 0 Å². The van der Waals surface area contributed by atoms with Crippen molar-refractivity contribution >= 4 is 17.8 Å². The van der Waals surface area contributed by atoms with Crippen molar-refractivity contribution in [2.45, 2.75) is 76.8 Å². The molecule has 2 bridgehead atoms. The Morgan fingerprint density at radius 3 is 2.51 bits per heavy atom. The maximum atomic E-state index is 14.5. The summed E-state index contributed by atoms with van der Waals surface area (Å²) in [5, 5.41) is 10.6. The summed E-state index contributed by atoms with van der Waals surface area (Å²) in [6.45, 7) is 15.3. The zero-order valence-electron chi connectivity index (χ0n) is 22.8. The van der Waals surface area contributed by atoms with E-state index < -0.39 is 46.6 Å². The Hall–Kier alpha value is -2.71. The standard InChI is InChI=1S/C29H40N2O6/c1-8-15-30(27(4,5)6)25(34)23-29-16-18(3)28(7,37-29)22(26(35)36-9-2)21(29)24(33)31(23)20(17-32)19-13-11-10-12-14-19/h8,10-14,18,20-23,32H,1,9,15-17H2,2-7H3/t18?,20-,21+,22+,23?,28-,29?/m1/s1. The number of rotatable bonds is 8. The second-order valence-corrected chi connectivity index (χ2v) is 11.7. The van der Waals surface area contributed by atoms with E-state index in [-0.39, 0.29) is 37.5 Å². The molecule has 3 aliphatic heterocycles. The van der Waals surface area contributed by atoms with Crippen LogP contribution in [0.25, 0.3) is 0 Å². The molecule has 8 heteroatoms. The van der Waals surface area contributed by atoms with Crippen LogP contribution < -0.4 is 0 Å². The topological polar surface area (TPSA) is 96.4 Å². The number of ether oxygens (including phenoxy) is 2. The van der Waals surface area contributed by atoms with Gasteiger partial charge >= 0.3 is 5.97 Å². The van der Waals surface area contributed by atoms with E-state index in [9.17, 15) is 19.5 Å². The first-order chi connectivity index (χ1) is 17.4. The van der Waals surface area contributed by atoms with Crippen molar-refractivity contribution in [2.75, 3.05) is 19.8 Å². The van der Waals surface area contributed by atoms with Gasteiger partial charge in [-0.15, -0.1) is 6.58 Å². The van der Waals surface area contributed by atoms with Crippen LogP contribution in [-0.2, 0) is 23.9 Å². The number of amides is 2. The monoisotopic (exact) mass is 512 g/mol. The molecule has 3 aliphatic rings. The van der Waals surface area contributed by atoms with Crippen molar-refractivity contribution in [3.05, 3.63) is 48.6 Å². The summed E-state index contributed by atoms with van der Waals surface area (Å²) in [7, 11) is 0. The molecule has 1 spiro atoms. The minimum Gasteiger partial charge on any atom is -0.466 e. The minimum atomic E-state index is -1.22. The van der Waals surface area contributed by atoms with Crippen molar-refractivity contribution in [2.24, 2.45) is 17.8 Å². The molecule has 0 aromatic heterocycles. The van der Waals surface area contributed by atoms with Crippen LogP contribution in [0.5, 0.6) is 0 Å². The third kappa shape index (κ3) is 4.00. The van der Waals surface area contributed by atoms with Crippen molar-refractivity contribution in [3.8, 4) is 0 Å². The molecule has 7 atom stereocenters. The van der Waals surface area contributed by atoms with Crippen LogP contribution in [0.15, 0.2) is 43.0 Å². The van der Waals surface area contributed by atoms with E-state index in [1.807, 2.05) is 65.0 Å². The van der Waals surface area contributed by atoms with Gasteiger partial charge in [0.05, 0.1) is 30.8 Å². The number of hydrogen-bond acceptors (Lipinski definition) is 6. The van der Waals surface area contributed by atoms with E-state index in [2.05, 4.69) is 6.58 Å². The number of aliphatic hydroxyl groups excluding tert-OH is 1. The molecule has 1 aromatic rings. The van der Waals surface area contributed by atoms with Crippen LogP contribution in [0.3, 0.4) is 0 Å². The number of fused-ring (bicyclic) bond motifs is 1. The highest BCUT2D eigenvalue weighted by molar-refractivity contribution is 5.99. The van der Waals surface area contributed by atoms with Gasteiger partial charge in [0.1, 0.15) is 17.6 Å². The molecule has 4 rings (SSSR count). The fourth-order valence-electron chi connectivity index (χ4n) is 6.88. The van der Waals surface area contributed by atoms with E-state index >= 15 is 0 Å². The number of aliphatic hydroxyl groups is 1. The van der Waals surface area contributed by atoms with Gasteiger partial charge in [-0.2, -0.15) is 0 Å². The van der Waals surface area contributed by atoms with Crippen molar-refractivity contribution in [3.63, 3.8) is 0 Å². The highest BCUT2D eigenvalue weighted by Gasteiger charge is 2.81. The summed E-state index contributed by atoms with van der Waals surface area (Å²) in [5.41, 5.74) is -2.01. The SMILES string of the molecule is C=CCN(C(=O)C1N([C@H](CO)c2ccccc2)C(=O)[C@@H]2[C@@H](C(=O)OCC)[C@]3(C)OC12CC3C)C(C)(C)C. The molecule has 2 amide bonds. The van der Waals surface area contributed by atoms with E-state index in [1.165, 1.54) is 4.90 Å². The van der Waals surface area contributed by atoms with Crippen molar-refractivity contribution in [1.29, 1.82) is 0 Å². The van der Waals surface area contributed by atoms with Crippen LogP contribution in [-0.4, -0.2) is 75.2 Å². The Kier molecular flexibility index (Phi) is 7.05. The number of carbonyl (C=O) groups is 3. The van der Waals surface area contributed by atoms with Gasteiger partial charge in [0.25, 0.3) is 0 Å². The normalized spacial score (nSPS) is 33.3. The average molecular weight is 513 g/mol. The second-order valence-electron chi connectivity index (χ2n) is 11.7. The molecule has 1 N–H and O–H groups in total. The zero-order valence-corrected chi connectivity index (χ0v) is 22.8. The Morgan fingerprint density at radius 1 is 1.32 bits per heavy atom. The molecule has 3 saturated heterocycles. The summed E-state index contributed by atoms with van der Waals surface area (Å²) in [6, 6.07) is 7.39. The first-order valence-electron chi connectivity index (χ1n) is 13.2. The number of nitrogens with zero attached hydrogens (tertiary/aromatic N) is 2. The molecule has 0 aliphatic carbocycles. The van der Waals surface area contributed by atoms with E-state index in [4.69, 9.17) is 9.47 Å². The number of benzene rings is 1. The largest absolute Gasteiger partial charge is 0.466 e. The fraction of sp³-hybridized carbons (Fsp3) is 0.621. The summed E-state index contributed by atoms with van der Waals surface area (Å²) in [5.74, 6) is -2.94. The van der Waals surface area contributed by atoms with Gasteiger partial charge in [-0.1, -0.05) is 43.3 Å². The smallest absolute Gasteiger partial charge is 0.312 e. The summed E-state index contributed by atoms with van der Waals surface area (Å²) >= 11 is 0. The first kappa shape index (κ1) is 27.3. The van der Waals surface area contributed by atoms with E-state index in [1.54, 1.807) is 17.9 Å². The molecule has 3 heterocycles. The lowest BCUT2D eigenvalue weighted by Gasteiger charge is -2.43. The van der Waals surface area contributed by atoms with Crippen LogP contribution in [0.1, 0.15) is 59.6 Å². The maximum absolute atomic E-state index is 14.5. The molecule has 37 heavy (non-hydrogen) atoms. The highest BCUT2D eigenvalue weighted by atomic mass is 16.6. The first-order valence-corrected chi connectivity index (χ1v) is 13.2. The number of likely N-dealkylation sites (tertiary alicyclic amines) is 1. The third-order valence-corrected chi connectivity index (χ3v) is 8.61. The summed E-state index contributed by atoms with van der Waals surface area (Å²) in [4.78, 5) is 45.4. The molecule has 0 radical (unpaired) electrons. The van der Waals surface area contributed by atoms with Crippen molar-refractivity contribution in [1.82, 2.24) is 9.80 Å². The number of esters is 1. The Balaban J connectivity index is 1.92. The molecule has 1 aromatic carbocycles. The van der Waals surface area contributed by atoms with Crippen molar-refractivity contribution < 1.29 is 29.0 Å². The number of hydrogen-bond donors (Lipinski definition) is 1. The van der Waals surface area contributed by atoms with Crippen LogP contribution in [0, 0.1) is 17.8 Å². The quantitative estimate of drug-likeness (QED) is 0.425. The van der Waals surface area contributed by atoms with Gasteiger partial charge < -0.3 is 24.4 Å². The Labute approximate surface area is 219 Å². The van der Waals surface area contributed by atoms with Crippen LogP contribution in [0.2, 0.25) is 0 Å². The lowest BCUT2D eigenvalue weighted by Crippen LogP contribution is -2.60. The lowest BCUT2D eigenvalue weighted by atomic mass is 9.62. The van der Waals surface area contributed by atoms with Gasteiger partial charge in [-0.25, -0.2) is 0 Å². The molecule has 0 saturated carbocycles. The zero-order chi connectivity index (χ0) is 27.3. The molecule has 202 valence electrons. The molecule has 8 nitrogen and oxygen atoms in total. The molecular weight excluding hydrogens is 472 g/mol. The maximum Gasteiger partial charge on any atom is 0.312 e. The second kappa shape index (κ2) is 9.55. The fourth-order valence-corrected chi connectivity index (χ4v) is 6.88. The van der Waals surface area contributed by atoms with Crippen LogP contribution >= 0.6 is 0 Å². The predicted molar refractivity (Wildman–Crippen MR) is 138 cm³/mol. The molecule has 3 unspecified atom stereocenters. The summed E-state index contributed by atoms with van der Waals surface area (Å²) < 4.78 is 12.2. The highest BCUT2D eigenvalue weighted by Crippen LogP contribution is 2.66. The van der Waals surface area contributed by atoms with E-state index in [0.29, 0.717) is 12.0 Å². The molecular formula is C29H40N2O6. The van der Waals surface area contributed by atoms with Gasteiger partial charge in [-0.3, -0.25) is 14.4 Å². The minimum absolute atomic E-state index is 0.0898. The summed E-state index contributed by atoms with van der Waals surface area (Å²) in [6.07, 6.45) is 2.11. The van der Waals surface area contributed by atoms with E-state index in [0.717, 1.165) is 0 Å². The van der Waals surface area contributed by atoms with Gasteiger partial charge in [-0.05, 0) is 52.5 Å².